The number of isothiocyanates is 1. The van der Waals surface area contributed by atoms with Gasteiger partial charge in [0, 0.05) is 6.42 Å². The van der Waals surface area contributed by atoms with Crippen LogP contribution in [0.4, 0.5) is 5.69 Å². The zero-order chi connectivity index (χ0) is 12.8. The lowest BCUT2D eigenvalue weighted by atomic mass is 10.0. The predicted octanol–water partition coefficient (Wildman–Crippen LogP) is 4.63. The molecule has 0 atom stereocenters. The Morgan fingerprint density at radius 1 is 0.944 bits per heavy atom. The quantitative estimate of drug-likeness (QED) is 0.592. The summed E-state index contributed by atoms with van der Waals surface area (Å²) in [4.78, 5) is 3.93. The van der Waals surface area contributed by atoms with Gasteiger partial charge in [-0.2, -0.15) is 4.99 Å². The molecule has 2 rings (SSSR count). The maximum absolute atomic E-state index is 4.85. The summed E-state index contributed by atoms with van der Waals surface area (Å²) in [5.74, 6) is 0. The highest BCUT2D eigenvalue weighted by Crippen LogP contribution is 2.22. The second-order valence-corrected chi connectivity index (χ2v) is 4.33. The molecule has 0 unspecified atom stereocenters. The fourth-order valence-corrected chi connectivity index (χ4v) is 2.01. The standard InChI is InChI=1S/C15H11NS2/c17-10-9-12-1-3-13(4-2-12)14-5-7-15(8-6-14)16-11-18/h1-8,10H,9H2. The Bertz CT molecular complexity index is 579. The average molecular weight is 269 g/mol. The van der Waals surface area contributed by atoms with Gasteiger partial charge in [0.25, 0.3) is 0 Å². The molecule has 0 radical (unpaired) electrons. The number of benzene rings is 2. The van der Waals surface area contributed by atoms with Crippen LogP contribution in [-0.2, 0) is 6.42 Å². The van der Waals surface area contributed by atoms with Crippen LogP contribution in [0.15, 0.2) is 53.5 Å². The Balaban J connectivity index is 2.25. The minimum atomic E-state index is 0.825. The van der Waals surface area contributed by atoms with Crippen LogP contribution in [0.25, 0.3) is 11.1 Å². The molecule has 2 aromatic rings. The van der Waals surface area contributed by atoms with Crippen LogP contribution in [0.5, 0.6) is 0 Å². The number of hydrogen-bond acceptors (Lipinski definition) is 3. The van der Waals surface area contributed by atoms with Crippen molar-refractivity contribution >= 4 is 40.7 Å². The van der Waals surface area contributed by atoms with E-state index in [2.05, 4.69) is 46.6 Å². The molecule has 0 aliphatic carbocycles. The molecule has 0 amide bonds. The van der Waals surface area contributed by atoms with Crippen molar-refractivity contribution in [3.63, 3.8) is 0 Å². The maximum atomic E-state index is 4.85. The first-order valence-electron chi connectivity index (χ1n) is 5.54. The molecule has 0 aromatic heterocycles. The summed E-state index contributed by atoms with van der Waals surface area (Å²) in [6.07, 6.45) is 0.831. The first-order valence-corrected chi connectivity index (χ1v) is 6.42. The van der Waals surface area contributed by atoms with Gasteiger partial charge in [-0.1, -0.05) is 48.6 Å². The van der Waals surface area contributed by atoms with Crippen LogP contribution >= 0.6 is 24.4 Å². The Morgan fingerprint density at radius 3 is 2.00 bits per heavy atom. The zero-order valence-electron chi connectivity index (χ0n) is 9.67. The summed E-state index contributed by atoms with van der Waals surface area (Å²) in [6.45, 7) is 0. The van der Waals surface area contributed by atoms with Crippen LogP contribution in [-0.4, -0.2) is 10.5 Å². The van der Waals surface area contributed by atoms with Crippen molar-refractivity contribution in [3.05, 3.63) is 54.1 Å². The normalized spacial score (nSPS) is 9.56. The third-order valence-corrected chi connectivity index (χ3v) is 2.91. The fraction of sp³-hybridized carbons (Fsp3) is 0.0667. The summed E-state index contributed by atoms with van der Waals surface area (Å²) < 4.78 is 0. The number of nitrogens with zero attached hydrogens (tertiary/aromatic N) is 1. The minimum Gasteiger partial charge on any atom is -0.195 e. The van der Waals surface area contributed by atoms with Crippen molar-refractivity contribution in [2.45, 2.75) is 6.42 Å². The number of thiocarbonyl (C=S) groups is 2. The molecule has 0 fully saturated rings. The SMILES string of the molecule is S=C=Nc1ccc(-c2ccc(CC=S)cc2)cc1. The number of rotatable bonds is 4. The van der Waals surface area contributed by atoms with Crippen molar-refractivity contribution in [2.24, 2.45) is 4.99 Å². The van der Waals surface area contributed by atoms with Crippen molar-refractivity contribution in [1.82, 2.24) is 0 Å². The van der Waals surface area contributed by atoms with E-state index < -0.39 is 0 Å². The van der Waals surface area contributed by atoms with E-state index in [1.807, 2.05) is 24.3 Å². The molecule has 0 heterocycles. The van der Waals surface area contributed by atoms with E-state index in [4.69, 9.17) is 12.2 Å². The van der Waals surface area contributed by atoms with E-state index in [0.717, 1.165) is 17.7 Å². The molecule has 2 aromatic carbocycles. The van der Waals surface area contributed by atoms with Gasteiger partial charge in [0.15, 0.2) is 0 Å². The maximum Gasteiger partial charge on any atom is 0.0739 e. The third kappa shape index (κ3) is 3.17. The van der Waals surface area contributed by atoms with Gasteiger partial charge in [-0.3, -0.25) is 0 Å². The molecular weight excluding hydrogens is 258 g/mol. The summed E-state index contributed by atoms with van der Waals surface area (Å²) in [5, 5.41) is 4.10. The zero-order valence-corrected chi connectivity index (χ0v) is 11.3. The van der Waals surface area contributed by atoms with Gasteiger partial charge in [-0.25, -0.2) is 0 Å². The van der Waals surface area contributed by atoms with Crippen molar-refractivity contribution < 1.29 is 0 Å². The smallest absolute Gasteiger partial charge is 0.0739 e. The van der Waals surface area contributed by atoms with Gasteiger partial charge >= 0.3 is 0 Å². The van der Waals surface area contributed by atoms with Crippen molar-refractivity contribution in [2.75, 3.05) is 0 Å². The van der Waals surface area contributed by atoms with Crippen LogP contribution in [0.3, 0.4) is 0 Å². The summed E-state index contributed by atoms with van der Waals surface area (Å²) in [7, 11) is 0. The van der Waals surface area contributed by atoms with Gasteiger partial charge in [-0.05, 0) is 46.4 Å². The van der Waals surface area contributed by atoms with E-state index in [9.17, 15) is 0 Å². The summed E-state index contributed by atoms with van der Waals surface area (Å²) in [5.41, 5.74) is 4.40. The highest BCUT2D eigenvalue weighted by Gasteiger charge is 1.98. The second kappa shape index (κ2) is 6.31. The van der Waals surface area contributed by atoms with Crippen molar-refractivity contribution in [3.8, 4) is 11.1 Å². The number of hydrogen-bond donors (Lipinski definition) is 0. The van der Waals surface area contributed by atoms with Gasteiger partial charge in [0.2, 0.25) is 0 Å². The molecule has 0 saturated carbocycles. The molecular formula is C15H11NS2. The van der Waals surface area contributed by atoms with Gasteiger partial charge in [-0.15, -0.1) is 0 Å². The molecule has 3 heteroatoms. The van der Waals surface area contributed by atoms with Gasteiger partial charge in [0.1, 0.15) is 0 Å². The lowest BCUT2D eigenvalue weighted by molar-refractivity contribution is 1.38. The van der Waals surface area contributed by atoms with Gasteiger partial charge < -0.3 is 0 Å². The van der Waals surface area contributed by atoms with Gasteiger partial charge in [0.05, 0.1) is 10.8 Å². The van der Waals surface area contributed by atoms with E-state index in [-0.39, 0.29) is 0 Å². The Labute approximate surface area is 117 Å². The fourth-order valence-electron chi connectivity index (χ4n) is 1.71. The molecule has 0 saturated heterocycles. The van der Waals surface area contributed by atoms with Crippen LogP contribution < -0.4 is 0 Å². The topological polar surface area (TPSA) is 12.4 Å². The molecule has 1 nitrogen and oxygen atoms in total. The summed E-state index contributed by atoms with van der Waals surface area (Å²) in [6, 6.07) is 16.3. The van der Waals surface area contributed by atoms with E-state index in [0.29, 0.717) is 0 Å². The van der Waals surface area contributed by atoms with E-state index in [1.54, 1.807) is 5.37 Å². The van der Waals surface area contributed by atoms with Crippen LogP contribution in [0.1, 0.15) is 5.56 Å². The first-order chi connectivity index (χ1) is 8.83. The largest absolute Gasteiger partial charge is 0.195 e. The second-order valence-electron chi connectivity index (χ2n) is 3.82. The Kier molecular flexibility index (Phi) is 4.48. The molecule has 0 aliphatic heterocycles. The minimum absolute atomic E-state index is 0.825. The summed E-state index contributed by atoms with van der Waals surface area (Å²) >= 11 is 9.42. The van der Waals surface area contributed by atoms with Crippen LogP contribution in [0, 0.1) is 0 Å². The average Bonchev–Trinajstić information content (AvgIpc) is 2.41. The Hall–Kier alpha value is -1.67. The molecule has 0 N–H and O–H groups in total. The monoisotopic (exact) mass is 269 g/mol. The van der Waals surface area contributed by atoms with Crippen molar-refractivity contribution in [1.29, 1.82) is 0 Å². The molecule has 88 valence electrons. The highest BCUT2D eigenvalue weighted by molar-refractivity contribution is 7.79. The third-order valence-electron chi connectivity index (χ3n) is 2.65. The lowest BCUT2D eigenvalue weighted by Gasteiger charge is -2.03. The first kappa shape index (κ1) is 12.8. The van der Waals surface area contributed by atoms with Crippen LogP contribution in [0.2, 0.25) is 0 Å². The molecule has 0 bridgehead atoms. The lowest BCUT2D eigenvalue weighted by Crippen LogP contribution is -1.84. The number of aliphatic imine (C=N–C) groups is 1. The van der Waals surface area contributed by atoms with E-state index >= 15 is 0 Å². The predicted molar refractivity (Wildman–Crippen MR) is 83.9 cm³/mol. The Morgan fingerprint density at radius 2 is 1.50 bits per heavy atom. The van der Waals surface area contributed by atoms with E-state index in [1.165, 1.54) is 11.1 Å². The molecule has 18 heavy (non-hydrogen) atoms. The molecule has 0 spiro atoms. The molecule has 0 aliphatic rings. The highest BCUT2D eigenvalue weighted by atomic mass is 32.1.